The third-order valence-electron chi connectivity index (χ3n) is 4.12. The van der Waals surface area contributed by atoms with E-state index < -0.39 is 0 Å². The zero-order chi connectivity index (χ0) is 13.5. The standard InChI is InChI=1S/C14H15ClN4O/c15-11-4-2-1-3-10(11)14-16-13(17-20-14)12-9-18-5-7-19(12)8-6-18/h1-4,12H,5-9H2. The largest absolute Gasteiger partial charge is 0.334 e. The fraction of sp³-hybridized carbons (Fsp3) is 0.429. The zero-order valence-corrected chi connectivity index (χ0v) is 11.8. The van der Waals surface area contributed by atoms with E-state index in [9.17, 15) is 0 Å². The smallest absolute Gasteiger partial charge is 0.259 e. The number of halogens is 1. The molecule has 5 rings (SSSR count). The van der Waals surface area contributed by atoms with Gasteiger partial charge in [-0.15, -0.1) is 0 Å². The number of piperazine rings is 3. The summed E-state index contributed by atoms with van der Waals surface area (Å²) in [5, 5.41) is 4.80. The van der Waals surface area contributed by atoms with Gasteiger partial charge in [0.25, 0.3) is 5.89 Å². The predicted octanol–water partition coefficient (Wildman–Crippen LogP) is 2.06. The molecule has 0 saturated carbocycles. The summed E-state index contributed by atoms with van der Waals surface area (Å²) in [5.41, 5.74) is 0.796. The maximum atomic E-state index is 6.17. The van der Waals surface area contributed by atoms with Gasteiger partial charge in [-0.05, 0) is 12.1 Å². The molecule has 3 aliphatic heterocycles. The average molecular weight is 291 g/mol. The van der Waals surface area contributed by atoms with Gasteiger partial charge in [0, 0.05) is 32.7 Å². The molecule has 0 aliphatic carbocycles. The van der Waals surface area contributed by atoms with Crippen LogP contribution in [-0.2, 0) is 0 Å². The molecule has 1 aromatic heterocycles. The van der Waals surface area contributed by atoms with Crippen LogP contribution in [0.25, 0.3) is 11.5 Å². The van der Waals surface area contributed by atoms with Crippen molar-refractivity contribution >= 4 is 11.6 Å². The molecular formula is C14H15ClN4O. The molecule has 1 unspecified atom stereocenters. The Morgan fingerprint density at radius 1 is 1.15 bits per heavy atom. The van der Waals surface area contributed by atoms with Gasteiger partial charge in [-0.25, -0.2) is 0 Å². The Bertz CT molecular complexity index is 621. The third-order valence-corrected chi connectivity index (χ3v) is 4.45. The van der Waals surface area contributed by atoms with Crippen LogP contribution >= 0.6 is 11.6 Å². The fourth-order valence-corrected chi connectivity index (χ4v) is 3.19. The van der Waals surface area contributed by atoms with Gasteiger partial charge in [-0.1, -0.05) is 28.9 Å². The molecule has 2 aromatic rings. The Balaban J connectivity index is 1.64. The van der Waals surface area contributed by atoms with E-state index in [1.807, 2.05) is 24.3 Å². The molecule has 4 heterocycles. The van der Waals surface area contributed by atoms with E-state index in [1.54, 1.807) is 0 Å². The summed E-state index contributed by atoms with van der Waals surface area (Å²) in [4.78, 5) is 9.44. The van der Waals surface area contributed by atoms with Crippen molar-refractivity contribution in [2.24, 2.45) is 0 Å². The van der Waals surface area contributed by atoms with Crippen LogP contribution in [0.3, 0.4) is 0 Å². The summed E-state index contributed by atoms with van der Waals surface area (Å²) in [6.45, 7) is 5.44. The first-order valence-corrected chi connectivity index (χ1v) is 7.24. The monoisotopic (exact) mass is 290 g/mol. The molecule has 0 radical (unpaired) electrons. The highest BCUT2D eigenvalue weighted by Gasteiger charge is 2.35. The Morgan fingerprint density at radius 3 is 2.65 bits per heavy atom. The van der Waals surface area contributed by atoms with E-state index in [0.29, 0.717) is 10.9 Å². The molecule has 3 aliphatic rings. The minimum Gasteiger partial charge on any atom is -0.334 e. The van der Waals surface area contributed by atoms with E-state index in [4.69, 9.17) is 16.1 Å². The lowest BCUT2D eigenvalue weighted by atomic mass is 10.1. The minimum atomic E-state index is 0.248. The second kappa shape index (κ2) is 4.84. The van der Waals surface area contributed by atoms with Crippen LogP contribution in [0.1, 0.15) is 11.9 Å². The lowest BCUT2D eigenvalue weighted by Crippen LogP contribution is -2.57. The van der Waals surface area contributed by atoms with Crippen molar-refractivity contribution in [3.05, 3.63) is 35.1 Å². The van der Waals surface area contributed by atoms with Crippen LogP contribution in [-0.4, -0.2) is 52.7 Å². The lowest BCUT2D eigenvalue weighted by molar-refractivity contribution is 0.00781. The number of aromatic nitrogens is 2. The van der Waals surface area contributed by atoms with Crippen LogP contribution in [0.15, 0.2) is 28.8 Å². The first-order chi connectivity index (χ1) is 9.81. The number of fused-ring (bicyclic) bond motifs is 3. The number of rotatable bonds is 2. The first kappa shape index (κ1) is 12.3. The quantitative estimate of drug-likeness (QED) is 0.847. The van der Waals surface area contributed by atoms with Gasteiger partial charge in [0.1, 0.15) is 0 Å². The van der Waals surface area contributed by atoms with E-state index in [0.717, 1.165) is 44.1 Å². The minimum absolute atomic E-state index is 0.248. The summed E-state index contributed by atoms with van der Waals surface area (Å²) < 4.78 is 5.40. The lowest BCUT2D eigenvalue weighted by Gasteiger charge is -2.46. The van der Waals surface area contributed by atoms with Gasteiger partial charge in [0.2, 0.25) is 0 Å². The van der Waals surface area contributed by atoms with Gasteiger partial charge in [-0.2, -0.15) is 4.98 Å². The van der Waals surface area contributed by atoms with Crippen LogP contribution in [0, 0.1) is 0 Å². The SMILES string of the molecule is Clc1ccccc1-c1nc(C2CN3CCN2CC3)no1. The van der Waals surface area contributed by atoms with E-state index >= 15 is 0 Å². The summed E-state index contributed by atoms with van der Waals surface area (Å²) in [5.74, 6) is 1.27. The van der Waals surface area contributed by atoms with Crippen LogP contribution < -0.4 is 0 Å². The maximum Gasteiger partial charge on any atom is 0.259 e. The van der Waals surface area contributed by atoms with E-state index in [2.05, 4.69) is 19.9 Å². The fourth-order valence-electron chi connectivity index (χ4n) is 2.98. The van der Waals surface area contributed by atoms with Gasteiger partial charge in [0.15, 0.2) is 5.82 Å². The summed E-state index contributed by atoms with van der Waals surface area (Å²) in [7, 11) is 0. The molecule has 1 aromatic carbocycles. The Labute approximate surface area is 122 Å². The molecule has 0 spiro atoms. The Hall–Kier alpha value is -1.43. The van der Waals surface area contributed by atoms with Crippen molar-refractivity contribution in [2.45, 2.75) is 6.04 Å². The second-order valence-electron chi connectivity index (χ2n) is 5.29. The third kappa shape index (κ3) is 2.02. The molecular weight excluding hydrogens is 276 g/mol. The highest BCUT2D eigenvalue weighted by molar-refractivity contribution is 6.33. The van der Waals surface area contributed by atoms with Gasteiger partial charge >= 0.3 is 0 Å². The van der Waals surface area contributed by atoms with E-state index in [1.165, 1.54) is 0 Å². The van der Waals surface area contributed by atoms with Gasteiger partial charge in [-0.3, -0.25) is 9.80 Å². The summed E-state index contributed by atoms with van der Waals surface area (Å²) in [6.07, 6.45) is 0. The van der Waals surface area contributed by atoms with Crippen molar-refractivity contribution < 1.29 is 4.52 Å². The normalized spacial score (nSPS) is 28.8. The number of nitrogens with zero attached hydrogens (tertiary/aromatic N) is 4. The first-order valence-electron chi connectivity index (χ1n) is 6.86. The van der Waals surface area contributed by atoms with E-state index in [-0.39, 0.29) is 6.04 Å². The van der Waals surface area contributed by atoms with Crippen molar-refractivity contribution in [1.29, 1.82) is 0 Å². The van der Waals surface area contributed by atoms with Gasteiger partial charge < -0.3 is 4.52 Å². The van der Waals surface area contributed by atoms with Crippen LogP contribution in [0.5, 0.6) is 0 Å². The average Bonchev–Trinajstić information content (AvgIpc) is 2.98. The van der Waals surface area contributed by atoms with Crippen molar-refractivity contribution in [3.63, 3.8) is 0 Å². The Kier molecular flexibility index (Phi) is 2.98. The molecule has 0 N–H and O–H groups in total. The van der Waals surface area contributed by atoms with Crippen molar-refractivity contribution in [3.8, 4) is 11.5 Å². The van der Waals surface area contributed by atoms with Crippen LogP contribution in [0.4, 0.5) is 0 Å². The topological polar surface area (TPSA) is 45.4 Å². The number of hydrogen-bond donors (Lipinski definition) is 0. The van der Waals surface area contributed by atoms with Gasteiger partial charge in [0.05, 0.1) is 16.6 Å². The molecule has 6 heteroatoms. The number of benzene rings is 1. The van der Waals surface area contributed by atoms with Crippen molar-refractivity contribution in [1.82, 2.24) is 19.9 Å². The second-order valence-corrected chi connectivity index (χ2v) is 5.70. The summed E-state index contributed by atoms with van der Waals surface area (Å²) >= 11 is 6.17. The molecule has 20 heavy (non-hydrogen) atoms. The molecule has 2 bridgehead atoms. The highest BCUT2D eigenvalue weighted by atomic mass is 35.5. The molecule has 5 nitrogen and oxygen atoms in total. The molecule has 3 saturated heterocycles. The highest BCUT2D eigenvalue weighted by Crippen LogP contribution is 2.30. The maximum absolute atomic E-state index is 6.17. The molecule has 104 valence electrons. The predicted molar refractivity (Wildman–Crippen MR) is 75.5 cm³/mol. The molecule has 0 amide bonds. The number of hydrogen-bond acceptors (Lipinski definition) is 5. The zero-order valence-electron chi connectivity index (χ0n) is 11.0. The molecule has 3 fully saturated rings. The Morgan fingerprint density at radius 2 is 1.95 bits per heavy atom. The molecule has 1 atom stereocenters. The van der Waals surface area contributed by atoms with Crippen molar-refractivity contribution in [2.75, 3.05) is 32.7 Å². The summed E-state index contributed by atoms with van der Waals surface area (Å²) in [6, 6.07) is 7.79. The van der Waals surface area contributed by atoms with Crippen LogP contribution in [0.2, 0.25) is 5.02 Å².